The molecule has 1 saturated carbocycles. The average molecular weight is 274 g/mol. The molecule has 0 radical (unpaired) electrons. The highest BCUT2D eigenvalue weighted by Crippen LogP contribution is 2.29. The zero-order chi connectivity index (χ0) is 13.8. The molecule has 1 aliphatic heterocycles. The minimum atomic E-state index is 0.691. The standard InChI is InChI=1S/C17H26N2O/c1-2-20-17-7-3-14(4-8-17)13-18-15-9-11-19(12-10-15)16-5-6-16/h3-4,7-8,15-16,18H,2,5-6,9-13H2,1H3. The Kier molecular flexibility index (Phi) is 4.58. The van der Waals surface area contributed by atoms with Crippen molar-refractivity contribution >= 4 is 0 Å². The van der Waals surface area contributed by atoms with Gasteiger partial charge in [0.1, 0.15) is 5.75 Å². The second-order valence-electron chi connectivity index (χ2n) is 6.00. The summed E-state index contributed by atoms with van der Waals surface area (Å²) in [6.07, 6.45) is 5.47. The molecule has 2 aliphatic rings. The van der Waals surface area contributed by atoms with Crippen molar-refractivity contribution in [3.63, 3.8) is 0 Å². The lowest BCUT2D eigenvalue weighted by Crippen LogP contribution is -2.43. The second-order valence-corrected chi connectivity index (χ2v) is 6.00. The number of nitrogens with one attached hydrogen (secondary N) is 1. The fourth-order valence-corrected chi connectivity index (χ4v) is 3.04. The van der Waals surface area contributed by atoms with Crippen LogP contribution in [0.25, 0.3) is 0 Å². The number of ether oxygens (including phenoxy) is 1. The molecule has 1 heterocycles. The van der Waals surface area contributed by atoms with Gasteiger partial charge in [-0.1, -0.05) is 12.1 Å². The molecule has 1 aromatic carbocycles. The van der Waals surface area contributed by atoms with Gasteiger partial charge in [-0.25, -0.2) is 0 Å². The maximum atomic E-state index is 5.47. The van der Waals surface area contributed by atoms with E-state index in [2.05, 4.69) is 34.5 Å². The fourth-order valence-electron chi connectivity index (χ4n) is 3.04. The lowest BCUT2D eigenvalue weighted by atomic mass is 10.0. The first kappa shape index (κ1) is 13.9. The molecule has 1 N–H and O–H groups in total. The Bertz CT molecular complexity index is 406. The minimum Gasteiger partial charge on any atom is -0.494 e. The molecule has 0 amide bonds. The first-order valence-corrected chi connectivity index (χ1v) is 8.04. The zero-order valence-corrected chi connectivity index (χ0v) is 12.5. The molecule has 3 heteroatoms. The van der Waals surface area contributed by atoms with Crippen LogP contribution in [0.5, 0.6) is 5.75 Å². The molecule has 0 bridgehead atoms. The summed E-state index contributed by atoms with van der Waals surface area (Å²) in [5.74, 6) is 0.967. The molecule has 0 aromatic heterocycles. The summed E-state index contributed by atoms with van der Waals surface area (Å²) >= 11 is 0. The van der Waals surface area contributed by atoms with Crippen molar-refractivity contribution in [3.05, 3.63) is 29.8 Å². The van der Waals surface area contributed by atoms with Crippen LogP contribution in [0.2, 0.25) is 0 Å². The van der Waals surface area contributed by atoms with E-state index in [1.807, 2.05) is 6.92 Å². The number of hydrogen-bond acceptors (Lipinski definition) is 3. The molecule has 1 saturated heterocycles. The van der Waals surface area contributed by atoms with Gasteiger partial charge in [0.25, 0.3) is 0 Å². The highest BCUT2D eigenvalue weighted by molar-refractivity contribution is 5.27. The summed E-state index contributed by atoms with van der Waals surface area (Å²) in [4.78, 5) is 2.68. The van der Waals surface area contributed by atoms with Crippen LogP contribution >= 0.6 is 0 Å². The van der Waals surface area contributed by atoms with Gasteiger partial charge >= 0.3 is 0 Å². The topological polar surface area (TPSA) is 24.5 Å². The third kappa shape index (κ3) is 3.74. The molecule has 2 fully saturated rings. The van der Waals surface area contributed by atoms with Gasteiger partial charge in [-0.2, -0.15) is 0 Å². The van der Waals surface area contributed by atoms with Gasteiger partial charge in [0.2, 0.25) is 0 Å². The lowest BCUT2D eigenvalue weighted by Gasteiger charge is -2.32. The molecular weight excluding hydrogens is 248 g/mol. The molecule has 1 aromatic rings. The summed E-state index contributed by atoms with van der Waals surface area (Å²) < 4.78 is 5.47. The van der Waals surface area contributed by atoms with Crippen LogP contribution in [0.4, 0.5) is 0 Å². The van der Waals surface area contributed by atoms with Gasteiger partial charge in [-0.3, -0.25) is 0 Å². The maximum Gasteiger partial charge on any atom is 0.119 e. The number of hydrogen-bond donors (Lipinski definition) is 1. The Hall–Kier alpha value is -1.06. The number of benzene rings is 1. The normalized spacial score (nSPS) is 21.1. The largest absolute Gasteiger partial charge is 0.494 e. The van der Waals surface area contributed by atoms with E-state index >= 15 is 0 Å². The molecule has 3 nitrogen and oxygen atoms in total. The van der Waals surface area contributed by atoms with Crippen molar-refractivity contribution in [1.82, 2.24) is 10.2 Å². The van der Waals surface area contributed by atoms with Gasteiger partial charge in [-0.15, -0.1) is 0 Å². The van der Waals surface area contributed by atoms with E-state index < -0.39 is 0 Å². The predicted octanol–water partition coefficient (Wildman–Crippen LogP) is 2.80. The first-order chi connectivity index (χ1) is 9.85. The predicted molar refractivity (Wildman–Crippen MR) is 82.1 cm³/mol. The monoisotopic (exact) mass is 274 g/mol. The SMILES string of the molecule is CCOc1ccc(CNC2CCN(C3CC3)CC2)cc1. The molecule has 3 rings (SSSR count). The van der Waals surface area contributed by atoms with Crippen LogP contribution in [0.1, 0.15) is 38.2 Å². The summed E-state index contributed by atoms with van der Waals surface area (Å²) in [6, 6.07) is 10.1. The van der Waals surface area contributed by atoms with E-state index in [0.717, 1.165) is 24.9 Å². The Morgan fingerprint density at radius 3 is 2.40 bits per heavy atom. The van der Waals surface area contributed by atoms with Crippen molar-refractivity contribution in [2.45, 2.75) is 51.2 Å². The van der Waals surface area contributed by atoms with E-state index in [4.69, 9.17) is 4.74 Å². The van der Waals surface area contributed by atoms with E-state index in [-0.39, 0.29) is 0 Å². The molecule has 0 atom stereocenters. The van der Waals surface area contributed by atoms with Crippen molar-refractivity contribution in [3.8, 4) is 5.75 Å². The van der Waals surface area contributed by atoms with Crippen molar-refractivity contribution in [2.75, 3.05) is 19.7 Å². The summed E-state index contributed by atoms with van der Waals surface area (Å²) in [5.41, 5.74) is 1.35. The first-order valence-electron chi connectivity index (χ1n) is 8.04. The second kappa shape index (κ2) is 6.59. The fraction of sp³-hybridized carbons (Fsp3) is 0.647. The van der Waals surface area contributed by atoms with Crippen LogP contribution in [0, 0.1) is 0 Å². The average Bonchev–Trinajstić information content (AvgIpc) is 3.32. The Morgan fingerprint density at radius 2 is 1.80 bits per heavy atom. The molecule has 1 aliphatic carbocycles. The number of rotatable bonds is 6. The van der Waals surface area contributed by atoms with Crippen LogP contribution in [0.15, 0.2) is 24.3 Å². The van der Waals surface area contributed by atoms with Crippen LogP contribution in [0.3, 0.4) is 0 Å². The lowest BCUT2D eigenvalue weighted by molar-refractivity contribution is 0.189. The van der Waals surface area contributed by atoms with Gasteiger partial charge in [0.15, 0.2) is 0 Å². The van der Waals surface area contributed by atoms with Crippen LogP contribution < -0.4 is 10.1 Å². The van der Waals surface area contributed by atoms with Crippen molar-refractivity contribution in [2.24, 2.45) is 0 Å². The van der Waals surface area contributed by atoms with Gasteiger partial charge in [0.05, 0.1) is 6.61 Å². The quantitative estimate of drug-likeness (QED) is 0.863. The minimum absolute atomic E-state index is 0.691. The third-order valence-corrected chi connectivity index (χ3v) is 4.42. The highest BCUT2D eigenvalue weighted by atomic mass is 16.5. The zero-order valence-electron chi connectivity index (χ0n) is 12.5. The summed E-state index contributed by atoms with van der Waals surface area (Å²) in [7, 11) is 0. The maximum absolute atomic E-state index is 5.47. The van der Waals surface area contributed by atoms with E-state index in [1.54, 1.807) is 0 Å². The molecule has 110 valence electrons. The third-order valence-electron chi connectivity index (χ3n) is 4.42. The van der Waals surface area contributed by atoms with E-state index in [0.29, 0.717) is 6.04 Å². The van der Waals surface area contributed by atoms with Gasteiger partial charge < -0.3 is 15.0 Å². The van der Waals surface area contributed by atoms with E-state index in [1.165, 1.54) is 44.3 Å². The summed E-state index contributed by atoms with van der Waals surface area (Å²) in [6.45, 7) is 6.29. The molecule has 0 spiro atoms. The Labute approximate surface area is 122 Å². The highest BCUT2D eigenvalue weighted by Gasteiger charge is 2.31. The molecule has 0 unspecified atom stereocenters. The van der Waals surface area contributed by atoms with E-state index in [9.17, 15) is 0 Å². The van der Waals surface area contributed by atoms with Crippen LogP contribution in [-0.4, -0.2) is 36.7 Å². The number of nitrogens with zero attached hydrogens (tertiary/aromatic N) is 1. The van der Waals surface area contributed by atoms with Gasteiger partial charge in [0, 0.05) is 18.6 Å². The van der Waals surface area contributed by atoms with Crippen molar-refractivity contribution in [1.29, 1.82) is 0 Å². The number of likely N-dealkylation sites (tertiary alicyclic amines) is 1. The van der Waals surface area contributed by atoms with Crippen molar-refractivity contribution < 1.29 is 4.74 Å². The van der Waals surface area contributed by atoms with Crippen LogP contribution in [-0.2, 0) is 6.54 Å². The Morgan fingerprint density at radius 1 is 1.10 bits per heavy atom. The van der Waals surface area contributed by atoms with Gasteiger partial charge in [-0.05, 0) is 63.4 Å². The Balaban J connectivity index is 1.40. The molecule has 20 heavy (non-hydrogen) atoms. The molecular formula is C17H26N2O. The summed E-state index contributed by atoms with van der Waals surface area (Å²) in [5, 5.41) is 3.70. The smallest absolute Gasteiger partial charge is 0.119 e. The number of piperidine rings is 1.